The van der Waals surface area contributed by atoms with E-state index in [1.165, 1.54) is 88.2 Å². The second kappa shape index (κ2) is 18.5. The van der Waals surface area contributed by atoms with E-state index in [0.29, 0.717) is 13.2 Å². The first kappa shape index (κ1) is 29.8. The molecule has 0 aliphatic heterocycles. The Morgan fingerprint density at radius 2 is 0.816 bits per heavy atom. The van der Waals surface area contributed by atoms with Crippen LogP contribution in [0.25, 0.3) is 0 Å². The number of benzene rings is 3. The summed E-state index contributed by atoms with van der Waals surface area (Å²) in [4.78, 5) is 0. The van der Waals surface area contributed by atoms with Gasteiger partial charge in [-0.2, -0.15) is 0 Å². The molecular weight excluding hydrogens is 464 g/mol. The lowest BCUT2D eigenvalue weighted by molar-refractivity contribution is 0.300. The van der Waals surface area contributed by atoms with Gasteiger partial charge in [0.2, 0.25) is 0 Å². The molecule has 0 aliphatic rings. The van der Waals surface area contributed by atoms with E-state index in [2.05, 4.69) is 86.6 Å². The van der Waals surface area contributed by atoms with E-state index in [1.54, 1.807) is 0 Å². The van der Waals surface area contributed by atoms with E-state index in [9.17, 15) is 0 Å². The molecule has 0 aliphatic carbocycles. The quantitative estimate of drug-likeness (QED) is 0.140. The molecule has 0 unspecified atom stereocenters. The molecule has 0 saturated heterocycles. The van der Waals surface area contributed by atoms with Crippen LogP contribution in [0.3, 0.4) is 0 Å². The van der Waals surface area contributed by atoms with Gasteiger partial charge in [0.05, 0.1) is 0 Å². The molecule has 206 valence electrons. The minimum Gasteiger partial charge on any atom is -0.489 e. The van der Waals surface area contributed by atoms with Crippen LogP contribution in [0.15, 0.2) is 72.8 Å². The van der Waals surface area contributed by atoms with Gasteiger partial charge in [-0.05, 0) is 78.3 Å². The summed E-state index contributed by atoms with van der Waals surface area (Å²) >= 11 is 0. The van der Waals surface area contributed by atoms with E-state index >= 15 is 0 Å². The van der Waals surface area contributed by atoms with Crippen molar-refractivity contribution in [1.29, 1.82) is 0 Å². The van der Waals surface area contributed by atoms with Gasteiger partial charge in [-0.15, -0.1) is 0 Å². The third-order valence-electron chi connectivity index (χ3n) is 7.29. The molecule has 0 aromatic heterocycles. The Balaban J connectivity index is 1.35. The predicted molar refractivity (Wildman–Crippen MR) is 162 cm³/mol. The van der Waals surface area contributed by atoms with Gasteiger partial charge in [0.15, 0.2) is 0 Å². The van der Waals surface area contributed by atoms with Crippen molar-refractivity contribution in [2.45, 2.75) is 117 Å². The fourth-order valence-electron chi connectivity index (χ4n) is 4.87. The summed E-state index contributed by atoms with van der Waals surface area (Å²) in [5.41, 5.74) is 5.14. The molecule has 0 spiro atoms. The predicted octanol–water partition coefficient (Wildman–Crippen LogP) is 10.7. The van der Waals surface area contributed by atoms with Crippen LogP contribution in [0.1, 0.15) is 113 Å². The number of hydrogen-bond donors (Lipinski definition) is 0. The van der Waals surface area contributed by atoms with E-state index < -0.39 is 0 Å². The fourth-order valence-corrected chi connectivity index (χ4v) is 4.87. The first-order valence-electron chi connectivity index (χ1n) is 15.3. The highest BCUT2D eigenvalue weighted by Gasteiger charge is 2.02. The Kier molecular flexibility index (Phi) is 14.5. The molecule has 2 heteroatoms. The molecule has 3 aromatic carbocycles. The van der Waals surface area contributed by atoms with Crippen molar-refractivity contribution in [3.63, 3.8) is 0 Å². The number of unbranched alkanes of at least 4 members (excludes halogenated alkanes) is 10. The average molecular weight is 515 g/mol. The minimum absolute atomic E-state index is 0.567. The van der Waals surface area contributed by atoms with Crippen LogP contribution in [0.4, 0.5) is 0 Å². The first-order chi connectivity index (χ1) is 18.8. The molecule has 0 bridgehead atoms. The van der Waals surface area contributed by atoms with Crippen LogP contribution in [-0.4, -0.2) is 0 Å². The average Bonchev–Trinajstić information content (AvgIpc) is 2.96. The van der Waals surface area contributed by atoms with E-state index in [-0.39, 0.29) is 0 Å². The van der Waals surface area contributed by atoms with E-state index in [4.69, 9.17) is 9.47 Å². The Bertz CT molecular complexity index is 912. The zero-order chi connectivity index (χ0) is 26.7. The van der Waals surface area contributed by atoms with Crippen LogP contribution in [0, 0.1) is 0 Å². The van der Waals surface area contributed by atoms with E-state index in [1.807, 2.05) is 0 Å². The lowest BCUT2D eigenvalue weighted by Crippen LogP contribution is -1.99. The molecule has 3 aromatic rings. The highest BCUT2D eigenvalue weighted by atomic mass is 16.5. The van der Waals surface area contributed by atoms with Crippen molar-refractivity contribution >= 4 is 0 Å². The highest BCUT2D eigenvalue weighted by molar-refractivity contribution is 5.30. The van der Waals surface area contributed by atoms with Crippen LogP contribution in [-0.2, 0) is 26.1 Å². The molecule has 2 nitrogen and oxygen atoms in total. The monoisotopic (exact) mass is 514 g/mol. The third-order valence-corrected chi connectivity index (χ3v) is 7.29. The lowest BCUT2D eigenvalue weighted by atomic mass is 10.0. The van der Waals surface area contributed by atoms with Crippen LogP contribution < -0.4 is 9.47 Å². The van der Waals surface area contributed by atoms with Gasteiger partial charge in [0, 0.05) is 0 Å². The van der Waals surface area contributed by atoms with Gasteiger partial charge >= 0.3 is 0 Å². The van der Waals surface area contributed by atoms with Crippen molar-refractivity contribution in [2.24, 2.45) is 0 Å². The minimum atomic E-state index is 0.567. The normalized spacial score (nSPS) is 11.0. The Morgan fingerprint density at radius 3 is 1.24 bits per heavy atom. The molecule has 0 saturated carbocycles. The van der Waals surface area contributed by atoms with Crippen molar-refractivity contribution < 1.29 is 9.47 Å². The summed E-state index contributed by atoms with van der Waals surface area (Å²) in [5, 5.41) is 0. The van der Waals surface area contributed by atoms with Crippen molar-refractivity contribution in [3.8, 4) is 11.5 Å². The SMILES string of the molecule is CCCCCCCCc1ccc(OCc2cccc(COc3ccc(CCCCCCCC)cc3)c2)cc1. The molecule has 0 N–H and O–H groups in total. The number of hydrogen-bond acceptors (Lipinski definition) is 2. The van der Waals surface area contributed by atoms with Crippen LogP contribution in [0.2, 0.25) is 0 Å². The fraction of sp³-hybridized carbons (Fsp3) is 0.500. The molecule has 0 fully saturated rings. The van der Waals surface area contributed by atoms with Gasteiger partial charge in [0.1, 0.15) is 24.7 Å². The molecule has 0 atom stereocenters. The summed E-state index contributed by atoms with van der Waals surface area (Å²) < 4.78 is 12.1. The molecule has 0 radical (unpaired) electrons. The largest absolute Gasteiger partial charge is 0.489 e. The summed E-state index contributed by atoms with van der Waals surface area (Å²) in [6, 6.07) is 25.8. The van der Waals surface area contributed by atoms with Crippen molar-refractivity contribution in [1.82, 2.24) is 0 Å². The second-order valence-corrected chi connectivity index (χ2v) is 10.7. The summed E-state index contributed by atoms with van der Waals surface area (Å²) in [6.45, 7) is 5.67. The maximum Gasteiger partial charge on any atom is 0.119 e. The van der Waals surface area contributed by atoms with Gasteiger partial charge in [-0.3, -0.25) is 0 Å². The van der Waals surface area contributed by atoms with Crippen LogP contribution in [0.5, 0.6) is 11.5 Å². The van der Waals surface area contributed by atoms with Crippen molar-refractivity contribution in [2.75, 3.05) is 0 Å². The highest BCUT2D eigenvalue weighted by Crippen LogP contribution is 2.19. The van der Waals surface area contributed by atoms with Gasteiger partial charge in [0.25, 0.3) is 0 Å². The van der Waals surface area contributed by atoms with Crippen molar-refractivity contribution in [3.05, 3.63) is 95.1 Å². The Hall–Kier alpha value is -2.74. The lowest BCUT2D eigenvalue weighted by Gasteiger charge is -2.10. The Morgan fingerprint density at radius 1 is 0.421 bits per heavy atom. The Labute approximate surface area is 232 Å². The first-order valence-corrected chi connectivity index (χ1v) is 15.3. The summed E-state index contributed by atoms with van der Waals surface area (Å²) in [7, 11) is 0. The van der Waals surface area contributed by atoms with Gasteiger partial charge in [-0.25, -0.2) is 0 Å². The topological polar surface area (TPSA) is 18.5 Å². The second-order valence-electron chi connectivity index (χ2n) is 10.7. The molecule has 0 amide bonds. The summed E-state index contributed by atoms with van der Waals surface area (Å²) in [5.74, 6) is 1.86. The summed E-state index contributed by atoms with van der Waals surface area (Å²) in [6.07, 6.45) is 18.4. The maximum absolute atomic E-state index is 6.07. The number of rotatable bonds is 20. The van der Waals surface area contributed by atoms with Crippen LogP contribution >= 0.6 is 0 Å². The zero-order valence-corrected chi connectivity index (χ0v) is 24.1. The van der Waals surface area contributed by atoms with Gasteiger partial charge < -0.3 is 9.47 Å². The number of aryl methyl sites for hydroxylation is 2. The molecule has 0 heterocycles. The molecular formula is C36H50O2. The third kappa shape index (κ3) is 12.2. The van der Waals surface area contributed by atoms with Gasteiger partial charge in [-0.1, -0.05) is 121 Å². The smallest absolute Gasteiger partial charge is 0.119 e. The zero-order valence-electron chi connectivity index (χ0n) is 24.1. The standard InChI is InChI=1S/C36H50O2/c1-3-5-7-9-11-13-16-31-20-24-35(25-21-31)37-29-33-18-15-19-34(28-33)30-38-36-26-22-32(23-27-36)17-14-12-10-8-6-4-2/h15,18-28H,3-14,16-17,29-30H2,1-2H3. The molecule has 38 heavy (non-hydrogen) atoms. The maximum atomic E-state index is 6.07. The number of ether oxygens (including phenoxy) is 2. The van der Waals surface area contributed by atoms with E-state index in [0.717, 1.165) is 35.5 Å². The molecule has 3 rings (SSSR count).